The molecule has 6 rings (SSSR count). The zero-order valence-electron chi connectivity index (χ0n) is 18.8. The fraction of sp³-hybridized carbons (Fsp3) is 0.286. The van der Waals surface area contributed by atoms with Crippen molar-refractivity contribution in [3.63, 3.8) is 0 Å². The van der Waals surface area contributed by atoms with Crippen LogP contribution in [-0.2, 0) is 11.3 Å². The zero-order valence-corrected chi connectivity index (χ0v) is 20.4. The maximum Gasteiger partial charge on any atom is 0.225 e. The van der Waals surface area contributed by atoms with Crippen LogP contribution in [0.1, 0.15) is 19.3 Å². The minimum absolute atomic E-state index is 0.214. The molecule has 0 bridgehead atoms. The van der Waals surface area contributed by atoms with E-state index in [4.69, 9.17) is 4.98 Å². The molecule has 4 aromatic rings. The molecule has 2 aliphatic rings. The molecule has 0 radical (unpaired) electrons. The molecule has 1 atom stereocenters. The molecule has 1 aromatic heterocycles. The van der Waals surface area contributed by atoms with Gasteiger partial charge in [-0.25, -0.2) is 4.98 Å². The predicted octanol–water partition coefficient (Wildman–Crippen LogP) is 6.10. The van der Waals surface area contributed by atoms with Crippen molar-refractivity contribution in [3.05, 3.63) is 71.2 Å². The summed E-state index contributed by atoms with van der Waals surface area (Å²) in [5.41, 5.74) is 4.63. The molecule has 1 N–H and O–H groups in total. The van der Waals surface area contributed by atoms with E-state index in [1.54, 1.807) is 6.07 Å². The Hall–Kier alpha value is -3.12. The van der Waals surface area contributed by atoms with E-state index in [9.17, 15) is 9.90 Å². The van der Waals surface area contributed by atoms with Crippen molar-refractivity contribution in [3.8, 4) is 28.3 Å². The zero-order chi connectivity index (χ0) is 23.2. The molecule has 5 nitrogen and oxygen atoms in total. The molecular weight excluding hydrogens is 490 g/mol. The number of amides is 1. The third-order valence-corrected chi connectivity index (χ3v) is 7.69. The molecule has 34 heavy (non-hydrogen) atoms. The van der Waals surface area contributed by atoms with Crippen molar-refractivity contribution in [2.45, 2.75) is 25.8 Å². The number of carbonyl (C=O) groups is 1. The molecule has 1 aliphatic heterocycles. The van der Waals surface area contributed by atoms with E-state index in [0.717, 1.165) is 76.9 Å². The first kappa shape index (κ1) is 21.4. The Morgan fingerprint density at radius 3 is 2.59 bits per heavy atom. The Balaban J connectivity index is 1.45. The highest BCUT2D eigenvalue weighted by molar-refractivity contribution is 9.10. The number of carbonyl (C=O) groups excluding carboxylic acids is 1. The third kappa shape index (κ3) is 3.80. The number of para-hydroxylation sites is 1. The smallest absolute Gasteiger partial charge is 0.225 e. The first-order valence-electron chi connectivity index (χ1n) is 11.9. The number of hydrogen-bond donors (Lipinski definition) is 1. The van der Waals surface area contributed by atoms with Gasteiger partial charge in [-0.05, 0) is 70.4 Å². The van der Waals surface area contributed by atoms with E-state index >= 15 is 0 Å². The maximum absolute atomic E-state index is 12.6. The molecule has 172 valence electrons. The summed E-state index contributed by atoms with van der Waals surface area (Å²) in [6, 6.07) is 21.9. The second-order valence-electron chi connectivity index (χ2n) is 9.43. The van der Waals surface area contributed by atoms with Gasteiger partial charge < -0.3 is 14.6 Å². The summed E-state index contributed by atoms with van der Waals surface area (Å²) in [6.07, 6.45) is 3.07. The molecule has 1 amide bonds. The number of aromatic nitrogens is 2. The van der Waals surface area contributed by atoms with Crippen LogP contribution in [0.25, 0.3) is 33.5 Å². The van der Waals surface area contributed by atoms with Gasteiger partial charge >= 0.3 is 0 Å². The highest BCUT2D eigenvalue weighted by Crippen LogP contribution is 2.41. The fourth-order valence-electron chi connectivity index (χ4n) is 5.15. The lowest BCUT2D eigenvalue weighted by atomic mass is 9.98. The molecule has 1 saturated carbocycles. The number of phenols is 1. The van der Waals surface area contributed by atoms with Crippen molar-refractivity contribution in [2.75, 3.05) is 13.1 Å². The average Bonchev–Trinajstić information content (AvgIpc) is 3.50. The second-order valence-corrected chi connectivity index (χ2v) is 10.3. The lowest BCUT2D eigenvalue weighted by molar-refractivity contribution is -0.131. The molecular formula is C28H26BrN3O2. The number of nitrogens with zero attached hydrogens (tertiary/aromatic N) is 3. The first-order valence-corrected chi connectivity index (χ1v) is 12.7. The van der Waals surface area contributed by atoms with Gasteiger partial charge in [-0.3, -0.25) is 4.79 Å². The van der Waals surface area contributed by atoms with Crippen LogP contribution in [0.3, 0.4) is 0 Å². The molecule has 2 heterocycles. The molecule has 2 fully saturated rings. The van der Waals surface area contributed by atoms with Gasteiger partial charge in [0.2, 0.25) is 5.91 Å². The van der Waals surface area contributed by atoms with Crippen LogP contribution < -0.4 is 0 Å². The number of hydrogen-bond acceptors (Lipinski definition) is 3. The van der Waals surface area contributed by atoms with E-state index in [1.807, 2.05) is 47.4 Å². The summed E-state index contributed by atoms with van der Waals surface area (Å²) in [6.45, 7) is 2.37. The van der Waals surface area contributed by atoms with E-state index in [-0.39, 0.29) is 11.7 Å². The normalized spacial score (nSPS) is 18.0. The summed E-state index contributed by atoms with van der Waals surface area (Å²) in [7, 11) is 0. The Kier molecular flexibility index (Phi) is 5.41. The number of halogens is 1. The minimum atomic E-state index is 0.214. The third-order valence-electron chi connectivity index (χ3n) is 7.05. The molecule has 0 spiro atoms. The summed E-state index contributed by atoms with van der Waals surface area (Å²) in [5, 5.41) is 11.1. The van der Waals surface area contributed by atoms with Crippen molar-refractivity contribution in [1.82, 2.24) is 14.5 Å². The van der Waals surface area contributed by atoms with Crippen LogP contribution in [0.2, 0.25) is 0 Å². The molecule has 0 unspecified atom stereocenters. The van der Waals surface area contributed by atoms with Gasteiger partial charge in [-0.15, -0.1) is 0 Å². The Morgan fingerprint density at radius 1 is 1.00 bits per heavy atom. The van der Waals surface area contributed by atoms with E-state index in [2.05, 4.69) is 38.7 Å². The van der Waals surface area contributed by atoms with Crippen molar-refractivity contribution >= 4 is 32.9 Å². The summed E-state index contributed by atoms with van der Waals surface area (Å²) < 4.78 is 3.16. The van der Waals surface area contributed by atoms with Gasteiger partial charge in [0.1, 0.15) is 17.1 Å². The fourth-order valence-corrected chi connectivity index (χ4v) is 5.59. The van der Waals surface area contributed by atoms with Gasteiger partial charge in [0.25, 0.3) is 0 Å². The summed E-state index contributed by atoms with van der Waals surface area (Å²) in [4.78, 5) is 19.7. The van der Waals surface area contributed by atoms with Crippen molar-refractivity contribution < 1.29 is 9.90 Å². The summed E-state index contributed by atoms with van der Waals surface area (Å²) >= 11 is 3.67. The Morgan fingerprint density at radius 2 is 1.79 bits per heavy atom. The van der Waals surface area contributed by atoms with Gasteiger partial charge in [0, 0.05) is 30.0 Å². The van der Waals surface area contributed by atoms with Crippen LogP contribution in [0.4, 0.5) is 0 Å². The lowest BCUT2D eigenvalue weighted by Crippen LogP contribution is -2.30. The number of phenolic OH excluding ortho intramolecular Hbond substituents is 1. The second kappa shape index (κ2) is 8.58. The van der Waals surface area contributed by atoms with Gasteiger partial charge in [-0.1, -0.05) is 48.5 Å². The van der Waals surface area contributed by atoms with Crippen LogP contribution in [0.15, 0.2) is 71.2 Å². The van der Waals surface area contributed by atoms with E-state index < -0.39 is 0 Å². The molecule has 6 heteroatoms. The predicted molar refractivity (Wildman–Crippen MR) is 137 cm³/mol. The maximum atomic E-state index is 12.6. The number of likely N-dealkylation sites (tertiary alicyclic amines) is 1. The van der Waals surface area contributed by atoms with E-state index in [1.165, 1.54) is 0 Å². The van der Waals surface area contributed by atoms with E-state index in [0.29, 0.717) is 11.8 Å². The van der Waals surface area contributed by atoms with Crippen LogP contribution in [0.5, 0.6) is 5.75 Å². The SMILES string of the molecule is O=C(C1CC1)N1CC[C@H](Cn2c(-c3c(O)cccc3-c3ccccc3)nc3c(Br)cccc32)C1. The highest BCUT2D eigenvalue weighted by atomic mass is 79.9. The Labute approximate surface area is 207 Å². The number of imidazole rings is 1. The standard InChI is InChI=1S/C28H26BrN3O2/c29-22-9-5-10-23-26(22)30-27(25-21(8-4-11-24(25)33)19-6-2-1-3-7-19)32(23)17-18-14-15-31(16-18)28(34)20-12-13-20/h1-11,18,20,33H,12-17H2/t18-/m0/s1. The van der Waals surface area contributed by atoms with Gasteiger partial charge in [0.15, 0.2) is 0 Å². The quantitative estimate of drug-likeness (QED) is 0.349. The molecule has 1 saturated heterocycles. The first-order chi connectivity index (χ1) is 16.6. The van der Waals surface area contributed by atoms with Crippen LogP contribution in [0, 0.1) is 11.8 Å². The van der Waals surface area contributed by atoms with Crippen LogP contribution >= 0.6 is 15.9 Å². The molecule has 1 aliphatic carbocycles. The lowest BCUT2D eigenvalue weighted by Gasteiger charge is -2.19. The Bertz CT molecular complexity index is 1380. The van der Waals surface area contributed by atoms with Gasteiger partial charge in [0.05, 0.1) is 11.1 Å². The van der Waals surface area contributed by atoms with Crippen molar-refractivity contribution in [1.29, 1.82) is 0 Å². The number of benzene rings is 3. The monoisotopic (exact) mass is 515 g/mol. The molecule has 3 aromatic carbocycles. The minimum Gasteiger partial charge on any atom is -0.507 e. The topological polar surface area (TPSA) is 58.4 Å². The average molecular weight is 516 g/mol. The highest BCUT2D eigenvalue weighted by Gasteiger charge is 2.37. The summed E-state index contributed by atoms with van der Waals surface area (Å²) in [5.74, 6) is 1.91. The van der Waals surface area contributed by atoms with Gasteiger partial charge in [-0.2, -0.15) is 0 Å². The van der Waals surface area contributed by atoms with Crippen LogP contribution in [-0.4, -0.2) is 38.6 Å². The largest absolute Gasteiger partial charge is 0.507 e. The van der Waals surface area contributed by atoms with Crippen molar-refractivity contribution in [2.24, 2.45) is 11.8 Å². The number of fused-ring (bicyclic) bond motifs is 1. The number of rotatable bonds is 5. The number of aromatic hydroxyl groups is 1.